The van der Waals surface area contributed by atoms with Gasteiger partial charge >= 0.3 is 0 Å². The van der Waals surface area contributed by atoms with Crippen LogP contribution in [0.15, 0.2) is 174 Å². The first-order valence-electron chi connectivity index (χ1n) is 26.2. The second-order valence-electron chi connectivity index (χ2n) is 10.6. The molecule has 9 aromatic carbocycles. The van der Waals surface area contributed by atoms with E-state index in [1.165, 1.54) is 24.3 Å². The van der Waals surface area contributed by atoms with Gasteiger partial charge in [0.2, 0.25) is 0 Å². The van der Waals surface area contributed by atoms with Gasteiger partial charge in [0.15, 0.2) is 0 Å². The van der Waals surface area contributed by atoms with E-state index in [4.69, 9.17) is 29.1 Å². The van der Waals surface area contributed by atoms with Crippen molar-refractivity contribution in [3.8, 4) is 33.4 Å². The molecule has 0 radical (unpaired) electrons. The molecule has 47 heavy (non-hydrogen) atoms. The molecule has 10 aromatic rings. The molecule has 0 unspecified atom stereocenters. The Morgan fingerprint density at radius 1 is 0.340 bits per heavy atom. The number of rotatable bonds is 3. The van der Waals surface area contributed by atoms with Crippen LogP contribution in [0, 0.1) is 0 Å². The van der Waals surface area contributed by atoms with Gasteiger partial charge in [-0.3, -0.25) is 0 Å². The van der Waals surface area contributed by atoms with Crippen LogP contribution in [0.25, 0.3) is 98.4 Å². The highest BCUT2D eigenvalue weighted by Gasteiger charge is 2.18. The van der Waals surface area contributed by atoms with Gasteiger partial charge in [-0.1, -0.05) is 157 Å². The Morgan fingerprint density at radius 2 is 0.851 bits per heavy atom. The monoisotopic (exact) mass is 620 g/mol. The summed E-state index contributed by atoms with van der Waals surface area (Å²) in [6.45, 7) is 0. The van der Waals surface area contributed by atoms with E-state index in [1.54, 1.807) is 0 Å². The number of para-hydroxylation sites is 1. The molecule has 0 bridgehead atoms. The van der Waals surface area contributed by atoms with Gasteiger partial charge in [-0.05, 0) is 77.6 Å². The van der Waals surface area contributed by atoms with Crippen molar-refractivity contribution in [2.45, 2.75) is 0 Å². The molecular weight excluding hydrogens is 569 g/mol. The van der Waals surface area contributed by atoms with Crippen LogP contribution >= 0.6 is 0 Å². The summed E-state index contributed by atoms with van der Waals surface area (Å²) in [5.41, 5.74) is -1.84. The molecule has 1 heteroatoms. The van der Waals surface area contributed by atoms with E-state index in [2.05, 4.69) is 0 Å². The molecule has 1 heterocycles. The van der Waals surface area contributed by atoms with E-state index in [0.29, 0.717) is 0 Å². The summed E-state index contributed by atoms with van der Waals surface area (Å²) >= 11 is 0. The Bertz CT molecular complexity index is 4120. The van der Waals surface area contributed by atoms with Crippen LogP contribution in [0.5, 0.6) is 0 Å². The van der Waals surface area contributed by atoms with Gasteiger partial charge in [0.1, 0.15) is 11.2 Å². The molecule has 1 nitrogen and oxygen atoms in total. The number of hydrogen-bond donors (Lipinski definition) is 0. The molecule has 1 aromatic heterocycles. The zero-order valence-corrected chi connectivity index (χ0v) is 23.7. The summed E-state index contributed by atoms with van der Waals surface area (Å²) in [4.78, 5) is 0. The van der Waals surface area contributed by atoms with E-state index >= 15 is 0 Å². The van der Waals surface area contributed by atoms with Crippen molar-refractivity contribution in [1.29, 1.82) is 0 Å². The first-order chi connectivity index (χ1) is 33.3. The summed E-state index contributed by atoms with van der Waals surface area (Å²) in [5, 5.41) is -3.65. The predicted octanol–water partition coefficient (Wildman–Crippen LogP) is 13.2. The van der Waals surface area contributed by atoms with Gasteiger partial charge in [0.05, 0.1) is 32.9 Å². The predicted molar refractivity (Wildman–Crippen MR) is 200 cm³/mol. The minimum Gasteiger partial charge on any atom is -0.455 e. The van der Waals surface area contributed by atoms with E-state index in [-0.39, 0.29) is 65.7 Å². The molecule has 0 aliphatic carbocycles. The summed E-state index contributed by atoms with van der Waals surface area (Å²) < 4.78 is 219. The molecule has 0 aliphatic rings. The minimum atomic E-state index is -0.840. The third-order valence-corrected chi connectivity index (χ3v) is 8.07. The smallest absolute Gasteiger partial charge is 0.143 e. The molecule has 0 saturated heterocycles. The van der Waals surface area contributed by atoms with Crippen molar-refractivity contribution in [2.24, 2.45) is 0 Å². The van der Waals surface area contributed by atoms with Crippen LogP contribution in [0.4, 0.5) is 0 Å². The first kappa shape index (κ1) is 11.9. The van der Waals surface area contributed by atoms with Crippen LogP contribution in [0.1, 0.15) is 32.9 Å². The summed E-state index contributed by atoms with van der Waals surface area (Å²) in [7, 11) is 0. The molecular formula is C46H28O. The number of benzene rings is 9. The first-order valence-corrected chi connectivity index (χ1v) is 14.2. The number of furan rings is 1. The van der Waals surface area contributed by atoms with Gasteiger partial charge < -0.3 is 4.42 Å². The van der Waals surface area contributed by atoms with Crippen molar-refractivity contribution >= 4 is 65.0 Å². The largest absolute Gasteiger partial charge is 0.455 e. The van der Waals surface area contributed by atoms with Crippen molar-refractivity contribution in [1.82, 2.24) is 0 Å². The van der Waals surface area contributed by atoms with Gasteiger partial charge in [-0.2, -0.15) is 0 Å². The van der Waals surface area contributed by atoms with Crippen molar-refractivity contribution < 1.29 is 37.3 Å². The highest BCUT2D eigenvalue weighted by Crippen LogP contribution is 2.45. The average molecular weight is 621 g/mol. The number of hydrogen-bond acceptors (Lipinski definition) is 1. The minimum absolute atomic E-state index is 0.0428. The van der Waals surface area contributed by atoms with Gasteiger partial charge in [0, 0.05) is 21.7 Å². The molecule has 0 N–H and O–H groups in total. The quantitative estimate of drug-likeness (QED) is 0.179. The maximum Gasteiger partial charge on any atom is 0.143 e. The van der Waals surface area contributed by atoms with Crippen molar-refractivity contribution in [3.63, 3.8) is 0 Å². The molecule has 0 amide bonds. The highest BCUT2D eigenvalue weighted by molar-refractivity contribution is 6.22. The Balaban J connectivity index is 1.35. The van der Waals surface area contributed by atoms with Crippen LogP contribution in [0.2, 0.25) is 0 Å². The third-order valence-electron chi connectivity index (χ3n) is 8.07. The standard InChI is InChI=1S/C46H28O/c1-2-12-33-28-34(25-20-29(33)10-1)44-39-16-7-5-14-37(39)43(38-15-6-8-17-40(38)44)32-23-21-31(22-24-32)36-18-9-19-41-42-27-26-30-11-3-4-13-35(30)46(42)47-45(36)41/h1-28H/i1D,2D,3D,4D,5D,6D,7D,8D,9D,10D,11D,12D,13D,14D,15D,16D,17D,18D,19D,20D,25D,26D,27D,28D. The molecule has 10 rings (SSSR count). The van der Waals surface area contributed by atoms with Gasteiger partial charge in [-0.25, -0.2) is 0 Å². The van der Waals surface area contributed by atoms with Crippen molar-refractivity contribution in [2.75, 3.05) is 0 Å². The highest BCUT2D eigenvalue weighted by atomic mass is 16.3. The molecule has 0 spiro atoms. The van der Waals surface area contributed by atoms with E-state index < -0.39 is 178 Å². The second kappa shape index (κ2) is 10.2. The Morgan fingerprint density at radius 3 is 1.55 bits per heavy atom. The molecule has 218 valence electrons. The van der Waals surface area contributed by atoms with Crippen LogP contribution in [-0.2, 0) is 0 Å². The van der Waals surface area contributed by atoms with Gasteiger partial charge in [0.25, 0.3) is 0 Å². The maximum atomic E-state index is 9.43. The lowest BCUT2D eigenvalue weighted by atomic mass is 9.85. The fraction of sp³-hybridized carbons (Fsp3) is 0. The Labute approximate surface area is 305 Å². The summed E-state index contributed by atoms with van der Waals surface area (Å²) in [6, 6.07) is -11.6. The lowest BCUT2D eigenvalue weighted by Gasteiger charge is -2.18. The second-order valence-corrected chi connectivity index (χ2v) is 10.6. The maximum absolute atomic E-state index is 9.43. The fourth-order valence-electron chi connectivity index (χ4n) is 6.01. The van der Waals surface area contributed by atoms with Crippen LogP contribution in [-0.4, -0.2) is 0 Å². The molecule has 0 saturated carbocycles. The molecule has 0 atom stereocenters. The lowest BCUT2D eigenvalue weighted by Crippen LogP contribution is -1.91. The topological polar surface area (TPSA) is 13.1 Å². The van der Waals surface area contributed by atoms with E-state index in [9.17, 15) is 8.22 Å². The Kier molecular flexibility index (Phi) is 2.57. The SMILES string of the molecule is [2H]c1c([2H])c([2H])c2c(oc3c4c([2H])c([2H])c([2H])c([2H])c4c([2H])c([2H])c32)c1-c1ccc(-c2c3c([2H])c([2H])c([2H])c([2H])c3c(-c3c([2H])c([2H])c4c([2H])c([2H])c([2H])c([2H])c4c3[2H])c3c([2H])c([2H])c([2H])c([2H])c23)cc1. The molecule has 0 fully saturated rings. The summed E-state index contributed by atoms with van der Waals surface area (Å²) in [5.74, 6) is 0. The number of fused-ring (bicyclic) bond motifs is 8. The van der Waals surface area contributed by atoms with Crippen molar-refractivity contribution in [3.05, 3.63) is 169 Å². The average Bonchev–Trinajstić information content (AvgIpc) is 3.74. The molecule has 0 aliphatic heterocycles. The van der Waals surface area contributed by atoms with Gasteiger partial charge in [-0.15, -0.1) is 0 Å². The van der Waals surface area contributed by atoms with Crippen LogP contribution < -0.4 is 0 Å². The van der Waals surface area contributed by atoms with E-state index in [1.807, 2.05) is 0 Å². The Hall–Kier alpha value is -6.18. The van der Waals surface area contributed by atoms with E-state index in [0.717, 1.165) is 0 Å². The fourth-order valence-corrected chi connectivity index (χ4v) is 6.01. The zero-order chi connectivity index (χ0) is 51.8. The normalized spacial score (nSPS) is 19.0. The zero-order valence-electron chi connectivity index (χ0n) is 47.7. The summed E-state index contributed by atoms with van der Waals surface area (Å²) in [6.07, 6.45) is 0. The lowest BCUT2D eigenvalue weighted by molar-refractivity contribution is 0.674. The van der Waals surface area contributed by atoms with Crippen LogP contribution in [0.3, 0.4) is 0 Å². The third kappa shape index (κ3) is 3.97.